The third-order valence-electron chi connectivity index (χ3n) is 2.93. The molecule has 0 aromatic carbocycles. The van der Waals surface area contributed by atoms with Gasteiger partial charge in [0, 0.05) is 0 Å². The molecule has 1 aliphatic carbocycles. The summed E-state index contributed by atoms with van der Waals surface area (Å²) in [5.74, 6) is 1.66. The van der Waals surface area contributed by atoms with Gasteiger partial charge in [0.1, 0.15) is 0 Å². The molecule has 0 spiro atoms. The van der Waals surface area contributed by atoms with Crippen LogP contribution in [0.15, 0.2) is 0 Å². The molecule has 0 amide bonds. The van der Waals surface area contributed by atoms with Crippen molar-refractivity contribution >= 4 is 0 Å². The molecule has 1 aliphatic heterocycles. The normalized spacial score (nSPS) is 47.1. The summed E-state index contributed by atoms with van der Waals surface area (Å²) in [6.45, 7) is 2.33. The van der Waals surface area contributed by atoms with Gasteiger partial charge in [0.25, 0.3) is 0 Å². The number of rotatable bonds is 0. The lowest BCUT2D eigenvalue weighted by Crippen LogP contribution is -2.26. The zero-order chi connectivity index (χ0) is 6.97. The second-order valence-corrected chi connectivity index (χ2v) is 3.65. The summed E-state index contributed by atoms with van der Waals surface area (Å²) >= 11 is 0. The molecule has 10 heavy (non-hydrogen) atoms. The Morgan fingerprint density at radius 3 is 2.80 bits per heavy atom. The number of hydrogen-bond acceptors (Lipinski definition) is 2. The summed E-state index contributed by atoms with van der Waals surface area (Å²) < 4.78 is 0. The summed E-state index contributed by atoms with van der Waals surface area (Å²) in [6.07, 6.45) is 3.31. The van der Waals surface area contributed by atoms with E-state index in [2.05, 4.69) is 5.32 Å². The first-order valence-electron chi connectivity index (χ1n) is 4.25. The fourth-order valence-corrected chi connectivity index (χ4v) is 2.27. The van der Waals surface area contributed by atoms with Crippen LogP contribution in [-0.2, 0) is 0 Å². The molecule has 0 aromatic rings. The Balaban J connectivity index is 1.96. The molecule has 2 aliphatic rings. The topological polar surface area (TPSA) is 32.3 Å². The standard InChI is InChI=1S/C8H15NO/c10-8-2-1-6-4-9-5-7(6)3-8/h6-10H,1-5H2/t6-,7-,8+/m0/s1. The highest BCUT2D eigenvalue weighted by atomic mass is 16.3. The predicted molar refractivity (Wildman–Crippen MR) is 39.7 cm³/mol. The second kappa shape index (κ2) is 2.51. The molecule has 0 aromatic heterocycles. The Labute approximate surface area is 61.6 Å². The molecule has 0 bridgehead atoms. The van der Waals surface area contributed by atoms with Gasteiger partial charge in [-0.05, 0) is 44.2 Å². The number of fused-ring (bicyclic) bond motifs is 1. The highest BCUT2D eigenvalue weighted by molar-refractivity contribution is 4.87. The summed E-state index contributed by atoms with van der Waals surface area (Å²) in [5.41, 5.74) is 0. The van der Waals surface area contributed by atoms with Crippen molar-refractivity contribution in [2.24, 2.45) is 11.8 Å². The molecular formula is C8H15NO. The van der Waals surface area contributed by atoms with E-state index < -0.39 is 0 Å². The smallest absolute Gasteiger partial charge is 0.0543 e. The molecule has 0 radical (unpaired) electrons. The highest BCUT2D eigenvalue weighted by Crippen LogP contribution is 2.32. The van der Waals surface area contributed by atoms with E-state index in [9.17, 15) is 5.11 Å². The van der Waals surface area contributed by atoms with Gasteiger partial charge in [-0.3, -0.25) is 0 Å². The minimum absolute atomic E-state index is 0.00106. The van der Waals surface area contributed by atoms with Crippen molar-refractivity contribution in [2.75, 3.05) is 13.1 Å². The minimum Gasteiger partial charge on any atom is -0.393 e. The van der Waals surface area contributed by atoms with Crippen molar-refractivity contribution in [3.63, 3.8) is 0 Å². The molecule has 3 atom stereocenters. The number of aliphatic hydroxyl groups excluding tert-OH is 1. The molecule has 2 N–H and O–H groups in total. The summed E-state index contributed by atoms with van der Waals surface area (Å²) in [7, 11) is 0. The van der Waals surface area contributed by atoms with Crippen LogP contribution in [0.1, 0.15) is 19.3 Å². The van der Waals surface area contributed by atoms with E-state index in [1.807, 2.05) is 0 Å². The highest BCUT2D eigenvalue weighted by Gasteiger charge is 2.32. The fraction of sp³-hybridized carbons (Fsp3) is 1.00. The van der Waals surface area contributed by atoms with Gasteiger partial charge >= 0.3 is 0 Å². The van der Waals surface area contributed by atoms with E-state index >= 15 is 0 Å². The molecule has 2 fully saturated rings. The third kappa shape index (κ3) is 1.06. The first-order valence-corrected chi connectivity index (χ1v) is 4.25. The number of nitrogens with one attached hydrogen (secondary N) is 1. The zero-order valence-corrected chi connectivity index (χ0v) is 6.21. The van der Waals surface area contributed by atoms with Crippen molar-refractivity contribution in [1.82, 2.24) is 5.32 Å². The third-order valence-corrected chi connectivity index (χ3v) is 2.93. The Hall–Kier alpha value is -0.0800. The Bertz CT molecular complexity index is 126. The lowest BCUT2D eigenvalue weighted by molar-refractivity contribution is 0.0867. The molecule has 1 saturated carbocycles. The fourth-order valence-electron chi connectivity index (χ4n) is 2.27. The number of hydrogen-bond donors (Lipinski definition) is 2. The van der Waals surface area contributed by atoms with Crippen LogP contribution in [-0.4, -0.2) is 24.3 Å². The first kappa shape index (κ1) is 6.62. The Morgan fingerprint density at radius 2 is 1.90 bits per heavy atom. The van der Waals surface area contributed by atoms with Gasteiger partial charge in [0.2, 0.25) is 0 Å². The lowest BCUT2D eigenvalue weighted by atomic mass is 9.80. The number of aliphatic hydroxyl groups is 1. The quantitative estimate of drug-likeness (QED) is 0.510. The van der Waals surface area contributed by atoms with Gasteiger partial charge in [0.05, 0.1) is 6.10 Å². The van der Waals surface area contributed by atoms with Crippen molar-refractivity contribution in [1.29, 1.82) is 0 Å². The van der Waals surface area contributed by atoms with Gasteiger partial charge in [0.15, 0.2) is 0 Å². The second-order valence-electron chi connectivity index (χ2n) is 3.65. The van der Waals surface area contributed by atoms with Crippen LogP contribution in [0.4, 0.5) is 0 Å². The van der Waals surface area contributed by atoms with Gasteiger partial charge in [-0.25, -0.2) is 0 Å². The first-order chi connectivity index (χ1) is 4.86. The average molecular weight is 141 g/mol. The van der Waals surface area contributed by atoms with Crippen molar-refractivity contribution in [3.8, 4) is 0 Å². The van der Waals surface area contributed by atoms with Gasteiger partial charge in [-0.1, -0.05) is 0 Å². The predicted octanol–water partition coefficient (Wildman–Crippen LogP) is 0.367. The Kier molecular flexibility index (Phi) is 1.66. The van der Waals surface area contributed by atoms with Crippen LogP contribution >= 0.6 is 0 Å². The zero-order valence-electron chi connectivity index (χ0n) is 6.21. The van der Waals surface area contributed by atoms with Gasteiger partial charge in [-0.2, -0.15) is 0 Å². The van der Waals surface area contributed by atoms with E-state index in [-0.39, 0.29) is 6.10 Å². The minimum atomic E-state index is 0.00106. The van der Waals surface area contributed by atoms with E-state index in [0.717, 1.165) is 31.2 Å². The van der Waals surface area contributed by atoms with Crippen LogP contribution in [0, 0.1) is 11.8 Å². The van der Waals surface area contributed by atoms with E-state index in [0.29, 0.717) is 0 Å². The molecule has 1 heterocycles. The SMILES string of the molecule is O[C@@H]1CC[C@H]2CNC[C@@H]2C1. The van der Waals surface area contributed by atoms with E-state index in [1.165, 1.54) is 13.0 Å². The molecular weight excluding hydrogens is 126 g/mol. The van der Waals surface area contributed by atoms with Crippen molar-refractivity contribution < 1.29 is 5.11 Å². The molecule has 2 nitrogen and oxygen atoms in total. The van der Waals surface area contributed by atoms with Crippen LogP contribution in [0.2, 0.25) is 0 Å². The Morgan fingerprint density at radius 1 is 1.10 bits per heavy atom. The summed E-state index contributed by atoms with van der Waals surface area (Å²) in [6, 6.07) is 0. The molecule has 2 rings (SSSR count). The summed E-state index contributed by atoms with van der Waals surface area (Å²) in [4.78, 5) is 0. The van der Waals surface area contributed by atoms with Gasteiger partial charge < -0.3 is 10.4 Å². The lowest BCUT2D eigenvalue weighted by Gasteiger charge is -2.27. The maximum Gasteiger partial charge on any atom is 0.0543 e. The average Bonchev–Trinajstić information content (AvgIpc) is 2.33. The van der Waals surface area contributed by atoms with Crippen molar-refractivity contribution in [3.05, 3.63) is 0 Å². The van der Waals surface area contributed by atoms with Crippen LogP contribution < -0.4 is 5.32 Å². The van der Waals surface area contributed by atoms with Crippen LogP contribution in [0.5, 0.6) is 0 Å². The van der Waals surface area contributed by atoms with Crippen molar-refractivity contribution in [2.45, 2.75) is 25.4 Å². The molecule has 58 valence electrons. The molecule has 2 heteroatoms. The summed E-state index contributed by atoms with van der Waals surface area (Å²) in [5, 5.41) is 12.7. The van der Waals surface area contributed by atoms with Crippen LogP contribution in [0.3, 0.4) is 0 Å². The maximum atomic E-state index is 9.33. The van der Waals surface area contributed by atoms with E-state index in [4.69, 9.17) is 0 Å². The largest absolute Gasteiger partial charge is 0.393 e. The monoisotopic (exact) mass is 141 g/mol. The molecule has 0 unspecified atom stereocenters. The molecule has 1 saturated heterocycles. The maximum absolute atomic E-state index is 9.33. The van der Waals surface area contributed by atoms with Crippen LogP contribution in [0.25, 0.3) is 0 Å². The van der Waals surface area contributed by atoms with E-state index in [1.54, 1.807) is 0 Å². The van der Waals surface area contributed by atoms with Gasteiger partial charge in [-0.15, -0.1) is 0 Å².